The van der Waals surface area contributed by atoms with E-state index in [9.17, 15) is 9.59 Å². The van der Waals surface area contributed by atoms with Gasteiger partial charge in [-0.3, -0.25) is 9.59 Å². The monoisotopic (exact) mass is 462 g/mol. The van der Waals surface area contributed by atoms with Gasteiger partial charge in [-0.2, -0.15) is 0 Å². The Morgan fingerprint density at radius 3 is 1.76 bits per heavy atom. The zero-order valence-electron chi connectivity index (χ0n) is 21.7. The quantitative estimate of drug-likeness (QED) is 0.572. The maximum atomic E-state index is 13.5. The minimum Gasteiger partial charge on any atom is -0.350 e. The lowest BCUT2D eigenvalue weighted by molar-refractivity contribution is -0.131. The molecule has 6 aliphatic rings. The number of rotatable bonds is 5. The maximum Gasteiger partial charge on any atom is 0.252 e. The number of fused-ring (bicyclic) bond motifs is 4. The topological polar surface area (TPSA) is 58.2 Å². The van der Waals surface area contributed by atoms with Crippen LogP contribution in [0.5, 0.6) is 0 Å². The molecule has 4 heteroatoms. The van der Waals surface area contributed by atoms with Crippen molar-refractivity contribution < 1.29 is 9.59 Å². The highest BCUT2D eigenvalue weighted by atomic mass is 16.2. The van der Waals surface area contributed by atoms with Gasteiger partial charge in [0.05, 0.1) is 5.57 Å². The van der Waals surface area contributed by atoms with E-state index in [1.165, 1.54) is 12.8 Å². The number of nitrogens with one attached hydrogen (secondary N) is 2. The smallest absolute Gasteiger partial charge is 0.252 e. The average molecular weight is 463 g/mol. The summed E-state index contributed by atoms with van der Waals surface area (Å²) in [6.07, 6.45) is 6.17. The fourth-order valence-electron chi connectivity index (χ4n) is 8.18. The highest BCUT2D eigenvalue weighted by Crippen LogP contribution is 2.62. The van der Waals surface area contributed by atoms with E-state index < -0.39 is 0 Å². The van der Waals surface area contributed by atoms with Gasteiger partial charge in [-0.25, -0.2) is 0 Å². The van der Waals surface area contributed by atoms with Crippen molar-refractivity contribution in [3.05, 3.63) is 42.0 Å². The van der Waals surface area contributed by atoms with E-state index >= 15 is 0 Å². The standard InChI is InChI=1S/C30H42N2O2/c1-17-23-12-20(29(23,3)4)14-25(17)31-27(33)16-22(19-10-8-7-9-11-19)28(34)32-26-15-21-13-24(18(26)2)30(21,5)6/h7-11,16-18,20-21,23-26H,12-15H2,1-6H3,(H,31,33)(H,32,34)/b22-16+/t17-,18-,20+,21+,23-,24-,25-,26-/m1/s1. The summed E-state index contributed by atoms with van der Waals surface area (Å²) in [6.45, 7) is 14.0. The van der Waals surface area contributed by atoms with E-state index in [0.717, 1.165) is 18.4 Å². The second-order valence-corrected chi connectivity index (χ2v) is 13.0. The van der Waals surface area contributed by atoms with Gasteiger partial charge in [0.15, 0.2) is 0 Å². The third kappa shape index (κ3) is 3.72. The Hall–Kier alpha value is -2.10. The van der Waals surface area contributed by atoms with Crippen LogP contribution in [0.4, 0.5) is 0 Å². The SMILES string of the molecule is C[C@@H]1[C@H]2C[C@@H](C[C@H]1NC(=O)/C=C(/C(=O)N[C@@H]1C[C@@H]3C[C@H]([C@H]1C)C3(C)C)c1ccccc1)C2(C)C. The van der Waals surface area contributed by atoms with Gasteiger partial charge in [0.2, 0.25) is 5.91 Å². The fraction of sp³-hybridized carbons (Fsp3) is 0.667. The molecule has 34 heavy (non-hydrogen) atoms. The molecule has 2 amide bonds. The Morgan fingerprint density at radius 2 is 1.29 bits per heavy atom. The van der Waals surface area contributed by atoms with Gasteiger partial charge in [-0.05, 0) is 77.6 Å². The van der Waals surface area contributed by atoms with Gasteiger partial charge in [0.25, 0.3) is 5.91 Å². The van der Waals surface area contributed by atoms with E-state index in [1.807, 2.05) is 30.3 Å². The molecule has 6 aliphatic carbocycles. The normalized spacial score (nSPS) is 39.3. The first-order chi connectivity index (χ1) is 16.0. The first-order valence-electron chi connectivity index (χ1n) is 13.4. The van der Waals surface area contributed by atoms with Gasteiger partial charge in [-0.1, -0.05) is 71.9 Å². The van der Waals surface area contributed by atoms with Crippen LogP contribution in [-0.4, -0.2) is 23.9 Å². The maximum absolute atomic E-state index is 13.5. The molecule has 0 unspecified atom stereocenters. The number of hydrogen-bond donors (Lipinski definition) is 2. The van der Waals surface area contributed by atoms with Gasteiger partial charge in [0, 0.05) is 18.2 Å². The summed E-state index contributed by atoms with van der Waals surface area (Å²) in [5.74, 6) is 3.33. The number of carbonyl (C=O) groups is 2. The van der Waals surface area contributed by atoms with Crippen LogP contribution in [0.1, 0.15) is 72.8 Å². The molecule has 6 fully saturated rings. The molecular formula is C30H42N2O2. The second kappa shape index (κ2) is 8.24. The largest absolute Gasteiger partial charge is 0.350 e. The van der Waals surface area contributed by atoms with Gasteiger partial charge in [-0.15, -0.1) is 0 Å². The van der Waals surface area contributed by atoms with Crippen molar-refractivity contribution >= 4 is 17.4 Å². The minimum absolute atomic E-state index is 0.127. The molecular weight excluding hydrogens is 420 g/mol. The summed E-state index contributed by atoms with van der Waals surface area (Å²) < 4.78 is 0. The lowest BCUT2D eigenvalue weighted by atomic mass is 9.44. The van der Waals surface area contributed by atoms with Crippen LogP contribution in [0.25, 0.3) is 5.57 Å². The van der Waals surface area contributed by atoms with E-state index in [4.69, 9.17) is 0 Å². The van der Waals surface area contributed by atoms with Crippen LogP contribution < -0.4 is 10.6 Å². The molecule has 0 saturated heterocycles. The fourth-order valence-corrected chi connectivity index (χ4v) is 8.18. The number of benzene rings is 1. The molecule has 0 spiro atoms. The van der Waals surface area contributed by atoms with Crippen molar-refractivity contribution in [3.8, 4) is 0 Å². The Bertz CT molecular complexity index is 994. The molecule has 4 bridgehead atoms. The molecule has 1 aromatic carbocycles. The second-order valence-electron chi connectivity index (χ2n) is 13.0. The van der Waals surface area contributed by atoms with Crippen molar-refractivity contribution in [1.82, 2.24) is 10.6 Å². The molecule has 4 nitrogen and oxygen atoms in total. The highest BCUT2D eigenvalue weighted by molar-refractivity contribution is 6.23. The summed E-state index contributed by atoms with van der Waals surface area (Å²) in [4.78, 5) is 26.7. The molecule has 6 saturated carbocycles. The van der Waals surface area contributed by atoms with Gasteiger partial charge in [0.1, 0.15) is 0 Å². The van der Waals surface area contributed by atoms with Crippen molar-refractivity contribution in [1.29, 1.82) is 0 Å². The van der Waals surface area contributed by atoms with Crippen molar-refractivity contribution in [2.24, 2.45) is 46.3 Å². The number of amides is 2. The molecule has 2 N–H and O–H groups in total. The molecule has 184 valence electrons. The molecule has 7 rings (SSSR count). The van der Waals surface area contributed by atoms with E-state index in [2.05, 4.69) is 52.2 Å². The Morgan fingerprint density at radius 1 is 0.794 bits per heavy atom. The zero-order valence-corrected chi connectivity index (χ0v) is 21.7. The third-order valence-corrected chi connectivity index (χ3v) is 11.0. The molecule has 0 heterocycles. The third-order valence-electron chi connectivity index (χ3n) is 11.0. The Balaban J connectivity index is 1.31. The lowest BCUT2D eigenvalue weighted by Gasteiger charge is -2.62. The average Bonchev–Trinajstić information content (AvgIpc) is 2.79. The molecule has 0 aliphatic heterocycles. The van der Waals surface area contributed by atoms with Crippen molar-refractivity contribution in [2.45, 2.75) is 79.3 Å². The van der Waals surface area contributed by atoms with Crippen LogP contribution in [-0.2, 0) is 9.59 Å². The van der Waals surface area contributed by atoms with E-state index in [0.29, 0.717) is 51.9 Å². The van der Waals surface area contributed by atoms with Crippen LogP contribution in [0.2, 0.25) is 0 Å². The Kier molecular flexibility index (Phi) is 5.73. The number of hydrogen-bond acceptors (Lipinski definition) is 2. The summed E-state index contributed by atoms with van der Waals surface area (Å²) >= 11 is 0. The van der Waals surface area contributed by atoms with Crippen LogP contribution in [0.3, 0.4) is 0 Å². The van der Waals surface area contributed by atoms with Crippen molar-refractivity contribution in [3.63, 3.8) is 0 Å². The first-order valence-corrected chi connectivity index (χ1v) is 13.4. The van der Waals surface area contributed by atoms with Gasteiger partial charge < -0.3 is 10.6 Å². The van der Waals surface area contributed by atoms with E-state index in [-0.39, 0.29) is 23.9 Å². The lowest BCUT2D eigenvalue weighted by Crippen LogP contribution is -2.61. The molecule has 1 aromatic rings. The minimum atomic E-state index is -0.148. The van der Waals surface area contributed by atoms with Crippen LogP contribution in [0, 0.1) is 46.3 Å². The predicted molar refractivity (Wildman–Crippen MR) is 137 cm³/mol. The summed E-state index contributed by atoms with van der Waals surface area (Å²) in [7, 11) is 0. The first kappa shape index (κ1) is 23.6. The zero-order chi connectivity index (χ0) is 24.4. The summed E-state index contributed by atoms with van der Waals surface area (Å²) in [6, 6.07) is 9.99. The summed E-state index contributed by atoms with van der Waals surface area (Å²) in [5.41, 5.74) is 2.03. The molecule has 8 atom stereocenters. The van der Waals surface area contributed by atoms with Gasteiger partial charge >= 0.3 is 0 Å². The van der Waals surface area contributed by atoms with Crippen LogP contribution >= 0.6 is 0 Å². The molecule has 0 radical (unpaired) electrons. The Labute approximate surface area is 205 Å². The number of carbonyl (C=O) groups excluding carboxylic acids is 2. The highest BCUT2D eigenvalue weighted by Gasteiger charge is 2.57. The van der Waals surface area contributed by atoms with Crippen LogP contribution in [0.15, 0.2) is 36.4 Å². The van der Waals surface area contributed by atoms with Crippen molar-refractivity contribution in [2.75, 3.05) is 0 Å². The molecule has 0 aromatic heterocycles. The predicted octanol–water partition coefficient (Wildman–Crippen LogP) is 5.44. The van der Waals surface area contributed by atoms with E-state index in [1.54, 1.807) is 6.08 Å². The summed E-state index contributed by atoms with van der Waals surface area (Å²) in [5, 5.41) is 6.59.